The molecule has 0 aliphatic heterocycles. The lowest BCUT2D eigenvalue weighted by atomic mass is 10.3. The van der Waals surface area contributed by atoms with Crippen LogP contribution in [0.4, 0.5) is 5.69 Å². The summed E-state index contributed by atoms with van der Waals surface area (Å²) < 4.78 is 8.09. The molecule has 90 valence electrons. The lowest BCUT2D eigenvalue weighted by molar-refractivity contribution is 0.414. The van der Waals surface area contributed by atoms with Crippen molar-refractivity contribution >= 4 is 21.6 Å². The second-order valence-corrected chi connectivity index (χ2v) is 4.49. The van der Waals surface area contributed by atoms with Gasteiger partial charge in [0.1, 0.15) is 5.75 Å². The number of ether oxygens (including phenoxy) is 1. The quantitative estimate of drug-likeness (QED) is 0.922. The Kier molecular flexibility index (Phi) is 4.03. The molecule has 0 bridgehead atoms. The molecule has 0 aliphatic carbocycles. The van der Waals surface area contributed by atoms with Crippen LogP contribution >= 0.6 is 15.9 Å². The Labute approximate surface area is 109 Å². The van der Waals surface area contributed by atoms with Crippen LogP contribution in [0.1, 0.15) is 0 Å². The molecule has 0 spiro atoms. The van der Waals surface area contributed by atoms with Crippen molar-refractivity contribution in [3.8, 4) is 5.75 Å². The molecule has 5 heteroatoms. The number of aromatic nitrogens is 2. The standard InChI is InChI=1S/C12H14BrN3O/c1-17-12-8-10(13)7-11(9-12)14-4-6-16-5-2-3-15-16/h2-3,5,7-9,14H,4,6H2,1H3. The highest BCUT2D eigenvalue weighted by Crippen LogP contribution is 2.24. The van der Waals surface area contributed by atoms with Crippen LogP contribution in [0.3, 0.4) is 0 Å². The highest BCUT2D eigenvalue weighted by atomic mass is 79.9. The minimum absolute atomic E-state index is 0.821. The van der Waals surface area contributed by atoms with Crippen LogP contribution in [-0.2, 0) is 6.54 Å². The monoisotopic (exact) mass is 295 g/mol. The molecular formula is C12H14BrN3O. The van der Waals surface area contributed by atoms with Gasteiger partial charge in [-0.2, -0.15) is 5.10 Å². The molecule has 0 atom stereocenters. The van der Waals surface area contributed by atoms with Gasteiger partial charge in [-0.3, -0.25) is 4.68 Å². The number of benzene rings is 1. The number of halogens is 1. The molecular weight excluding hydrogens is 282 g/mol. The number of anilines is 1. The molecule has 1 heterocycles. The van der Waals surface area contributed by atoms with E-state index in [1.807, 2.05) is 35.1 Å². The van der Waals surface area contributed by atoms with E-state index in [1.54, 1.807) is 13.3 Å². The Hall–Kier alpha value is -1.49. The van der Waals surface area contributed by atoms with Crippen molar-refractivity contribution < 1.29 is 4.74 Å². The molecule has 17 heavy (non-hydrogen) atoms. The Morgan fingerprint density at radius 2 is 2.29 bits per heavy atom. The second-order valence-electron chi connectivity index (χ2n) is 3.58. The number of methoxy groups -OCH3 is 1. The van der Waals surface area contributed by atoms with Gasteiger partial charge in [-0.1, -0.05) is 15.9 Å². The molecule has 2 rings (SSSR count). The Morgan fingerprint density at radius 3 is 3.00 bits per heavy atom. The Bertz CT molecular complexity index is 471. The average molecular weight is 296 g/mol. The third kappa shape index (κ3) is 3.49. The summed E-state index contributed by atoms with van der Waals surface area (Å²) in [6, 6.07) is 7.83. The summed E-state index contributed by atoms with van der Waals surface area (Å²) in [4.78, 5) is 0. The molecule has 1 aromatic carbocycles. The molecule has 0 amide bonds. The highest BCUT2D eigenvalue weighted by Gasteiger charge is 1.99. The smallest absolute Gasteiger partial charge is 0.122 e. The minimum atomic E-state index is 0.821. The summed E-state index contributed by atoms with van der Waals surface area (Å²) in [7, 11) is 1.66. The van der Waals surface area contributed by atoms with Crippen molar-refractivity contribution in [2.24, 2.45) is 0 Å². The van der Waals surface area contributed by atoms with E-state index in [4.69, 9.17) is 4.74 Å². The highest BCUT2D eigenvalue weighted by molar-refractivity contribution is 9.10. The number of hydrogen-bond acceptors (Lipinski definition) is 3. The van der Waals surface area contributed by atoms with Gasteiger partial charge in [0.05, 0.1) is 13.7 Å². The fourth-order valence-corrected chi connectivity index (χ4v) is 2.00. The van der Waals surface area contributed by atoms with Crippen LogP contribution in [0, 0.1) is 0 Å². The van der Waals surface area contributed by atoms with Crippen molar-refractivity contribution in [3.05, 3.63) is 41.1 Å². The first-order chi connectivity index (χ1) is 8.28. The van der Waals surface area contributed by atoms with Gasteiger partial charge in [0.2, 0.25) is 0 Å². The Balaban J connectivity index is 1.92. The summed E-state index contributed by atoms with van der Waals surface area (Å²) in [5.41, 5.74) is 1.03. The lowest BCUT2D eigenvalue weighted by Crippen LogP contribution is -2.10. The number of nitrogens with zero attached hydrogens (tertiary/aromatic N) is 2. The van der Waals surface area contributed by atoms with E-state index < -0.39 is 0 Å². The van der Waals surface area contributed by atoms with E-state index in [1.165, 1.54) is 0 Å². The van der Waals surface area contributed by atoms with Gasteiger partial charge in [0.25, 0.3) is 0 Å². The van der Waals surface area contributed by atoms with Gasteiger partial charge in [-0.15, -0.1) is 0 Å². The molecule has 1 aromatic heterocycles. The van der Waals surface area contributed by atoms with Crippen LogP contribution in [0.5, 0.6) is 5.75 Å². The van der Waals surface area contributed by atoms with Gasteiger partial charge in [0, 0.05) is 35.2 Å². The van der Waals surface area contributed by atoms with Crippen LogP contribution < -0.4 is 10.1 Å². The second kappa shape index (κ2) is 5.72. The largest absolute Gasteiger partial charge is 0.497 e. The van der Waals surface area contributed by atoms with Gasteiger partial charge >= 0.3 is 0 Å². The zero-order valence-corrected chi connectivity index (χ0v) is 11.1. The molecule has 2 aromatic rings. The van der Waals surface area contributed by atoms with E-state index in [0.717, 1.165) is 29.0 Å². The first kappa shape index (κ1) is 12.0. The van der Waals surface area contributed by atoms with E-state index in [2.05, 4.69) is 26.3 Å². The number of rotatable bonds is 5. The average Bonchev–Trinajstić information content (AvgIpc) is 2.81. The SMILES string of the molecule is COc1cc(Br)cc(NCCn2cccn2)c1. The maximum Gasteiger partial charge on any atom is 0.122 e. The summed E-state index contributed by atoms with van der Waals surface area (Å²) in [5.74, 6) is 0.834. The van der Waals surface area contributed by atoms with Crippen molar-refractivity contribution in [2.45, 2.75) is 6.54 Å². The van der Waals surface area contributed by atoms with Crippen molar-refractivity contribution in [3.63, 3.8) is 0 Å². The topological polar surface area (TPSA) is 39.1 Å². The molecule has 0 saturated carbocycles. The van der Waals surface area contributed by atoms with Crippen molar-refractivity contribution in [1.29, 1.82) is 0 Å². The normalized spacial score (nSPS) is 10.2. The molecule has 0 aliphatic rings. The molecule has 0 unspecified atom stereocenters. The molecule has 0 saturated heterocycles. The molecule has 1 N–H and O–H groups in total. The number of hydrogen-bond donors (Lipinski definition) is 1. The van der Waals surface area contributed by atoms with Gasteiger partial charge in [0.15, 0.2) is 0 Å². The van der Waals surface area contributed by atoms with Gasteiger partial charge < -0.3 is 10.1 Å². The predicted molar refractivity (Wildman–Crippen MR) is 71.4 cm³/mol. The van der Waals surface area contributed by atoms with E-state index in [9.17, 15) is 0 Å². The molecule has 0 radical (unpaired) electrons. The zero-order valence-electron chi connectivity index (χ0n) is 9.56. The van der Waals surface area contributed by atoms with Crippen molar-refractivity contribution in [1.82, 2.24) is 9.78 Å². The van der Waals surface area contributed by atoms with Crippen molar-refractivity contribution in [2.75, 3.05) is 19.0 Å². The van der Waals surface area contributed by atoms with Gasteiger partial charge in [-0.05, 0) is 18.2 Å². The van der Waals surface area contributed by atoms with Crippen LogP contribution in [0.15, 0.2) is 41.1 Å². The maximum absolute atomic E-state index is 5.20. The third-order valence-electron chi connectivity index (χ3n) is 2.34. The van der Waals surface area contributed by atoms with E-state index in [0.29, 0.717) is 0 Å². The van der Waals surface area contributed by atoms with Crippen LogP contribution in [0.2, 0.25) is 0 Å². The van der Waals surface area contributed by atoms with E-state index in [-0.39, 0.29) is 0 Å². The fraction of sp³-hybridized carbons (Fsp3) is 0.250. The zero-order chi connectivity index (χ0) is 12.1. The van der Waals surface area contributed by atoms with Crippen LogP contribution in [0.25, 0.3) is 0 Å². The lowest BCUT2D eigenvalue weighted by Gasteiger charge is -2.09. The summed E-state index contributed by atoms with van der Waals surface area (Å²) >= 11 is 3.45. The van der Waals surface area contributed by atoms with E-state index >= 15 is 0 Å². The summed E-state index contributed by atoms with van der Waals surface area (Å²) in [6.45, 7) is 1.66. The summed E-state index contributed by atoms with van der Waals surface area (Å²) in [6.07, 6.45) is 3.73. The van der Waals surface area contributed by atoms with Gasteiger partial charge in [-0.25, -0.2) is 0 Å². The first-order valence-electron chi connectivity index (χ1n) is 5.34. The predicted octanol–water partition coefficient (Wildman–Crippen LogP) is 2.77. The first-order valence-corrected chi connectivity index (χ1v) is 6.13. The maximum atomic E-state index is 5.20. The third-order valence-corrected chi connectivity index (χ3v) is 2.79. The summed E-state index contributed by atoms with van der Waals surface area (Å²) in [5, 5.41) is 7.47. The van der Waals surface area contributed by atoms with Crippen LogP contribution in [-0.4, -0.2) is 23.4 Å². The Morgan fingerprint density at radius 1 is 1.41 bits per heavy atom. The minimum Gasteiger partial charge on any atom is -0.497 e. The fourth-order valence-electron chi connectivity index (χ4n) is 1.53. The molecule has 0 fully saturated rings. The molecule has 4 nitrogen and oxygen atoms in total. The number of nitrogens with one attached hydrogen (secondary N) is 1.